The molecule has 0 bridgehead atoms. The number of nitrogens with one attached hydrogen (secondary N) is 2. The zero-order valence-corrected chi connectivity index (χ0v) is 11.2. The van der Waals surface area contributed by atoms with E-state index in [2.05, 4.69) is 15.6 Å². The monoisotopic (exact) mass is 263 g/mol. The summed E-state index contributed by atoms with van der Waals surface area (Å²) in [4.78, 5) is 16.2. The molecule has 2 unspecified atom stereocenters. The van der Waals surface area contributed by atoms with Crippen LogP contribution in [0.4, 0.5) is 5.69 Å². The number of aliphatic hydroxyl groups is 1. The lowest BCUT2D eigenvalue weighted by Crippen LogP contribution is -2.42. The van der Waals surface area contributed by atoms with Crippen LogP contribution in [-0.4, -0.2) is 35.2 Å². The van der Waals surface area contributed by atoms with Crippen molar-refractivity contribution in [3.63, 3.8) is 0 Å². The lowest BCUT2D eigenvalue weighted by atomic mass is 10.1. The summed E-state index contributed by atoms with van der Waals surface area (Å²) in [6.45, 7) is 0. The van der Waals surface area contributed by atoms with Crippen molar-refractivity contribution in [3.05, 3.63) is 24.0 Å². The van der Waals surface area contributed by atoms with Crippen molar-refractivity contribution >= 4 is 11.6 Å². The highest BCUT2D eigenvalue weighted by atomic mass is 16.3. The van der Waals surface area contributed by atoms with Crippen LogP contribution in [0.5, 0.6) is 0 Å². The van der Waals surface area contributed by atoms with Gasteiger partial charge in [0.05, 0.1) is 17.7 Å². The number of amides is 1. The molecule has 0 aliphatic heterocycles. The first-order valence-electron chi connectivity index (χ1n) is 6.83. The zero-order chi connectivity index (χ0) is 13.7. The Bertz CT molecular complexity index is 436. The van der Waals surface area contributed by atoms with Gasteiger partial charge in [-0.15, -0.1) is 0 Å². The first-order valence-corrected chi connectivity index (χ1v) is 6.83. The van der Waals surface area contributed by atoms with Crippen LogP contribution in [0.3, 0.4) is 0 Å². The second-order valence-electron chi connectivity index (χ2n) is 4.96. The molecule has 3 N–H and O–H groups in total. The van der Waals surface area contributed by atoms with E-state index < -0.39 is 6.10 Å². The van der Waals surface area contributed by atoms with Crippen LogP contribution in [0.2, 0.25) is 0 Å². The summed E-state index contributed by atoms with van der Waals surface area (Å²) in [6, 6.07) is 1.61. The van der Waals surface area contributed by atoms with Gasteiger partial charge >= 0.3 is 0 Å². The maximum absolute atomic E-state index is 12.2. The summed E-state index contributed by atoms with van der Waals surface area (Å²) in [5.41, 5.74) is 1.26. The quantitative estimate of drug-likeness (QED) is 0.723. The van der Waals surface area contributed by atoms with E-state index in [1.807, 2.05) is 0 Å². The van der Waals surface area contributed by atoms with Gasteiger partial charge in [0.15, 0.2) is 0 Å². The summed E-state index contributed by atoms with van der Waals surface area (Å²) in [5, 5.41) is 15.9. The molecule has 5 heteroatoms. The number of aromatic nitrogens is 1. The normalized spacial score (nSPS) is 23.5. The predicted molar refractivity (Wildman–Crippen MR) is 74.1 cm³/mol. The third-order valence-corrected chi connectivity index (χ3v) is 3.63. The maximum atomic E-state index is 12.2. The van der Waals surface area contributed by atoms with E-state index in [1.54, 1.807) is 25.5 Å². The summed E-state index contributed by atoms with van der Waals surface area (Å²) in [7, 11) is 1.77. The Labute approximate surface area is 113 Å². The van der Waals surface area contributed by atoms with Crippen molar-refractivity contribution < 1.29 is 9.90 Å². The topological polar surface area (TPSA) is 74.2 Å². The molecule has 2 rings (SSSR count). The van der Waals surface area contributed by atoms with E-state index in [0.717, 1.165) is 37.8 Å². The number of nitrogens with zero attached hydrogens (tertiary/aromatic N) is 1. The van der Waals surface area contributed by atoms with E-state index in [-0.39, 0.29) is 11.9 Å². The smallest absolute Gasteiger partial charge is 0.255 e. The van der Waals surface area contributed by atoms with Gasteiger partial charge in [0.25, 0.3) is 5.91 Å². The number of aliphatic hydroxyl groups excluding tert-OH is 1. The second-order valence-corrected chi connectivity index (χ2v) is 4.96. The third-order valence-electron chi connectivity index (χ3n) is 3.63. The van der Waals surface area contributed by atoms with Gasteiger partial charge in [-0.25, -0.2) is 0 Å². The number of carbonyl (C=O) groups is 1. The highest BCUT2D eigenvalue weighted by Crippen LogP contribution is 2.19. The highest BCUT2D eigenvalue weighted by Gasteiger charge is 2.24. The Kier molecular flexibility index (Phi) is 4.74. The molecular weight excluding hydrogens is 242 g/mol. The molecule has 1 aliphatic rings. The van der Waals surface area contributed by atoms with Crippen LogP contribution < -0.4 is 10.6 Å². The average Bonchev–Trinajstić information content (AvgIpc) is 2.64. The number of rotatable bonds is 3. The van der Waals surface area contributed by atoms with Crippen LogP contribution in [0.25, 0.3) is 0 Å². The fraction of sp³-hybridized carbons (Fsp3) is 0.571. The molecule has 0 aromatic carbocycles. The van der Waals surface area contributed by atoms with Crippen molar-refractivity contribution in [1.29, 1.82) is 0 Å². The molecule has 1 saturated carbocycles. The Morgan fingerprint density at radius 1 is 1.37 bits per heavy atom. The van der Waals surface area contributed by atoms with Gasteiger partial charge in [0.2, 0.25) is 0 Å². The van der Waals surface area contributed by atoms with Crippen LogP contribution >= 0.6 is 0 Å². The molecule has 1 heterocycles. The largest absolute Gasteiger partial charge is 0.391 e. The Hall–Kier alpha value is -1.62. The van der Waals surface area contributed by atoms with Gasteiger partial charge in [0, 0.05) is 25.1 Å². The molecule has 1 amide bonds. The summed E-state index contributed by atoms with van der Waals surface area (Å²) in [5.74, 6) is -0.177. The predicted octanol–water partition coefficient (Wildman–Crippen LogP) is 1.55. The van der Waals surface area contributed by atoms with Crippen molar-refractivity contribution in [2.24, 2.45) is 0 Å². The standard InChI is InChI=1S/C14H21N3O2/c1-15-11-7-8-16-9-10(11)14(19)17-12-5-3-2-4-6-13(12)18/h7-9,12-13,18H,2-6H2,1H3,(H,15,16)(H,17,19). The average molecular weight is 263 g/mol. The molecule has 0 spiro atoms. The van der Waals surface area contributed by atoms with Crippen molar-refractivity contribution in [1.82, 2.24) is 10.3 Å². The number of carbonyl (C=O) groups excluding carboxylic acids is 1. The van der Waals surface area contributed by atoms with E-state index in [9.17, 15) is 9.90 Å². The summed E-state index contributed by atoms with van der Waals surface area (Å²) in [6.07, 6.45) is 7.54. The van der Waals surface area contributed by atoms with Gasteiger partial charge in [-0.3, -0.25) is 9.78 Å². The van der Waals surface area contributed by atoms with E-state index >= 15 is 0 Å². The van der Waals surface area contributed by atoms with Crippen molar-refractivity contribution in [3.8, 4) is 0 Å². The van der Waals surface area contributed by atoms with Gasteiger partial charge in [-0.05, 0) is 18.9 Å². The van der Waals surface area contributed by atoms with Crippen LogP contribution in [0.1, 0.15) is 42.5 Å². The van der Waals surface area contributed by atoms with Gasteiger partial charge in [-0.1, -0.05) is 19.3 Å². The molecule has 2 atom stereocenters. The van der Waals surface area contributed by atoms with Crippen molar-refractivity contribution in [2.75, 3.05) is 12.4 Å². The van der Waals surface area contributed by atoms with Crippen LogP contribution in [0, 0.1) is 0 Å². The third kappa shape index (κ3) is 3.44. The maximum Gasteiger partial charge on any atom is 0.255 e. The Balaban J connectivity index is 2.07. The molecule has 1 aliphatic carbocycles. The Morgan fingerprint density at radius 3 is 2.95 bits per heavy atom. The zero-order valence-electron chi connectivity index (χ0n) is 11.2. The summed E-state index contributed by atoms with van der Waals surface area (Å²) >= 11 is 0. The molecule has 0 radical (unpaired) electrons. The molecule has 1 fully saturated rings. The van der Waals surface area contributed by atoms with Crippen molar-refractivity contribution in [2.45, 2.75) is 44.2 Å². The molecule has 19 heavy (non-hydrogen) atoms. The van der Waals surface area contributed by atoms with Gasteiger partial charge in [0.1, 0.15) is 0 Å². The van der Waals surface area contributed by atoms with E-state index in [0.29, 0.717) is 5.56 Å². The molecule has 1 aromatic heterocycles. The molecule has 1 aromatic rings. The second kappa shape index (κ2) is 6.52. The first kappa shape index (κ1) is 13.8. The molecular formula is C14H21N3O2. The van der Waals surface area contributed by atoms with Gasteiger partial charge < -0.3 is 15.7 Å². The molecule has 0 saturated heterocycles. The van der Waals surface area contributed by atoms with E-state index in [1.165, 1.54) is 0 Å². The van der Waals surface area contributed by atoms with Crippen LogP contribution in [-0.2, 0) is 0 Å². The molecule has 5 nitrogen and oxygen atoms in total. The SMILES string of the molecule is CNc1ccncc1C(=O)NC1CCCCCC1O. The van der Waals surface area contributed by atoms with Crippen LogP contribution in [0.15, 0.2) is 18.5 Å². The number of anilines is 1. The lowest BCUT2D eigenvalue weighted by molar-refractivity contribution is 0.0819. The number of hydrogen-bond donors (Lipinski definition) is 3. The highest BCUT2D eigenvalue weighted by molar-refractivity contribution is 5.99. The number of hydrogen-bond acceptors (Lipinski definition) is 4. The lowest BCUT2D eigenvalue weighted by Gasteiger charge is -2.22. The fourth-order valence-corrected chi connectivity index (χ4v) is 2.50. The minimum atomic E-state index is -0.443. The number of pyridine rings is 1. The Morgan fingerprint density at radius 2 is 2.16 bits per heavy atom. The fourth-order valence-electron chi connectivity index (χ4n) is 2.50. The summed E-state index contributed by atoms with van der Waals surface area (Å²) < 4.78 is 0. The minimum Gasteiger partial charge on any atom is -0.391 e. The first-order chi connectivity index (χ1) is 9.22. The molecule has 104 valence electrons. The van der Waals surface area contributed by atoms with E-state index in [4.69, 9.17) is 0 Å². The minimum absolute atomic E-state index is 0.153. The van der Waals surface area contributed by atoms with Gasteiger partial charge in [-0.2, -0.15) is 0 Å².